The van der Waals surface area contributed by atoms with Crippen LogP contribution in [0.25, 0.3) is 0 Å². The first-order valence-electron chi connectivity index (χ1n) is 8.14. The second-order valence-electron chi connectivity index (χ2n) is 8.83. The van der Waals surface area contributed by atoms with Crippen molar-refractivity contribution in [3.05, 3.63) is 24.3 Å². The zero-order valence-electron chi connectivity index (χ0n) is 15.1. The van der Waals surface area contributed by atoms with E-state index in [-0.39, 0.29) is 0 Å². The Balaban J connectivity index is 2.36. The summed E-state index contributed by atoms with van der Waals surface area (Å²) in [5.74, 6) is 0. The molecule has 0 fully saturated rings. The fourth-order valence-electron chi connectivity index (χ4n) is 3.25. The highest BCUT2D eigenvalue weighted by atomic mass is 32.1. The lowest BCUT2D eigenvalue weighted by Crippen LogP contribution is -2.70. The van der Waals surface area contributed by atoms with E-state index in [2.05, 4.69) is 99.3 Å². The monoisotopic (exact) mass is 396 g/mol. The minimum Gasteiger partial charge on any atom is -0.155 e. The first-order chi connectivity index (χ1) is 9.92. The molecular formula is C16H28S2Si4. The molecule has 3 rings (SSSR count). The van der Waals surface area contributed by atoms with E-state index in [9.17, 15) is 0 Å². The minimum atomic E-state index is -1.38. The Morgan fingerprint density at radius 1 is 0.455 bits per heavy atom. The van der Waals surface area contributed by atoms with E-state index in [0.717, 1.165) is 0 Å². The lowest BCUT2D eigenvalue weighted by atomic mass is 10.7. The van der Waals surface area contributed by atoms with Crippen LogP contribution in [0.1, 0.15) is 0 Å². The maximum absolute atomic E-state index is 2.63. The van der Waals surface area contributed by atoms with Crippen molar-refractivity contribution in [2.24, 2.45) is 0 Å². The van der Waals surface area contributed by atoms with Gasteiger partial charge in [-0.25, -0.2) is 0 Å². The van der Waals surface area contributed by atoms with E-state index in [1.165, 1.54) is 0 Å². The second kappa shape index (κ2) is 4.89. The van der Waals surface area contributed by atoms with E-state index < -0.39 is 30.4 Å². The molecule has 0 radical (unpaired) electrons. The van der Waals surface area contributed by atoms with Crippen molar-refractivity contribution in [1.82, 2.24) is 0 Å². The van der Waals surface area contributed by atoms with Gasteiger partial charge >= 0.3 is 0 Å². The summed E-state index contributed by atoms with van der Waals surface area (Å²) in [5.41, 5.74) is 0. The van der Waals surface area contributed by atoms with E-state index in [1.54, 1.807) is 18.0 Å². The van der Waals surface area contributed by atoms with Crippen LogP contribution in [0.5, 0.6) is 0 Å². The summed E-state index contributed by atoms with van der Waals surface area (Å²) < 4.78 is 7.06. The molecule has 0 saturated heterocycles. The highest BCUT2D eigenvalue weighted by Crippen LogP contribution is 2.28. The number of rotatable bonds is 0. The van der Waals surface area contributed by atoms with Gasteiger partial charge in [0.2, 0.25) is 0 Å². The molecular weight excluding hydrogens is 369 g/mol. The molecule has 0 saturated carbocycles. The molecule has 0 aromatic carbocycles. The molecule has 1 aliphatic heterocycles. The van der Waals surface area contributed by atoms with Gasteiger partial charge in [0.15, 0.2) is 0 Å². The topological polar surface area (TPSA) is 0 Å². The number of thiophene rings is 2. The summed E-state index contributed by atoms with van der Waals surface area (Å²) in [5, 5.41) is 0. The summed E-state index contributed by atoms with van der Waals surface area (Å²) in [6, 6.07) is 10.1. The predicted octanol–water partition coefficient (Wildman–Crippen LogP) is 3.34. The van der Waals surface area contributed by atoms with Crippen LogP contribution in [0.3, 0.4) is 0 Å². The van der Waals surface area contributed by atoms with Crippen molar-refractivity contribution in [3.63, 3.8) is 0 Å². The minimum absolute atomic E-state index is 1.38. The Hall–Kier alpha value is 0.268. The summed E-state index contributed by atoms with van der Waals surface area (Å²) in [6.07, 6.45) is 0. The van der Waals surface area contributed by atoms with Crippen LogP contribution in [0.4, 0.5) is 0 Å². The van der Waals surface area contributed by atoms with E-state index in [4.69, 9.17) is 0 Å². The molecule has 6 heteroatoms. The maximum atomic E-state index is 2.63. The zero-order valence-corrected chi connectivity index (χ0v) is 20.8. The van der Waals surface area contributed by atoms with Crippen molar-refractivity contribution >= 4 is 71.0 Å². The van der Waals surface area contributed by atoms with Gasteiger partial charge in [0.05, 0.1) is 30.4 Å². The van der Waals surface area contributed by atoms with Gasteiger partial charge in [-0.2, -0.15) is 22.7 Å². The normalized spacial score (nSPS) is 24.0. The van der Waals surface area contributed by atoms with Crippen LogP contribution in [-0.2, 0) is 0 Å². The molecule has 4 bridgehead atoms. The second-order valence-corrected chi connectivity index (χ2v) is 42.6. The lowest BCUT2D eigenvalue weighted by molar-refractivity contribution is 1.79. The van der Waals surface area contributed by atoms with Crippen LogP contribution >= 0.6 is 22.7 Å². The smallest absolute Gasteiger partial charge is 0.0927 e. The lowest BCUT2D eigenvalue weighted by Gasteiger charge is -2.40. The predicted molar refractivity (Wildman–Crippen MR) is 117 cm³/mol. The number of hydrogen-bond donors (Lipinski definition) is 0. The Morgan fingerprint density at radius 2 is 0.636 bits per heavy atom. The van der Waals surface area contributed by atoms with Gasteiger partial charge in [-0.3, -0.25) is 0 Å². The molecule has 0 unspecified atom stereocenters. The maximum Gasteiger partial charge on any atom is 0.0927 e. The standard InChI is InChI=1S/C16H28S2Si4/c1-19(2)13-9-10-15(17-13)21(5,6)22(7,8)16-12-11-14(18-16)20(19,3)4/h9-12H,1-8H3. The molecule has 0 atom stereocenters. The Morgan fingerprint density at radius 3 is 0.818 bits per heavy atom. The largest absolute Gasteiger partial charge is 0.155 e. The number of fused-ring (bicyclic) bond motifs is 4. The Bertz CT molecular complexity index is 603. The quantitative estimate of drug-likeness (QED) is 0.599. The van der Waals surface area contributed by atoms with E-state index >= 15 is 0 Å². The molecule has 0 N–H and O–H groups in total. The molecule has 120 valence electrons. The van der Waals surface area contributed by atoms with Gasteiger partial charge in [0, 0.05) is 0 Å². The van der Waals surface area contributed by atoms with Gasteiger partial charge < -0.3 is 0 Å². The SMILES string of the molecule is C[Si]1(C)c2ccc(s2)[Si](C)(C)[Si](C)(C)c2ccc(s2)[Si]1(C)C. The van der Waals surface area contributed by atoms with Crippen molar-refractivity contribution in [1.29, 1.82) is 0 Å². The van der Waals surface area contributed by atoms with Crippen LogP contribution < -0.4 is 18.0 Å². The molecule has 0 aliphatic carbocycles. The fraction of sp³-hybridized carbons (Fsp3) is 0.500. The Kier molecular flexibility index (Phi) is 3.80. The van der Waals surface area contributed by atoms with Gasteiger partial charge in [0.25, 0.3) is 0 Å². The highest BCUT2D eigenvalue weighted by molar-refractivity contribution is 7.66. The Labute approximate surface area is 147 Å². The summed E-state index contributed by atoms with van der Waals surface area (Å²) in [4.78, 5) is 0. The van der Waals surface area contributed by atoms with Gasteiger partial charge in [-0.05, 0) is 18.0 Å². The molecule has 3 heterocycles. The third-order valence-electron chi connectivity index (χ3n) is 6.80. The summed E-state index contributed by atoms with van der Waals surface area (Å²) in [6.45, 7) is 21.1. The first kappa shape index (κ1) is 17.1. The molecule has 22 heavy (non-hydrogen) atoms. The molecule has 1 aliphatic rings. The van der Waals surface area contributed by atoms with Crippen molar-refractivity contribution in [3.8, 4) is 0 Å². The number of hydrogen-bond acceptors (Lipinski definition) is 2. The van der Waals surface area contributed by atoms with Gasteiger partial charge in [-0.15, -0.1) is 0 Å². The van der Waals surface area contributed by atoms with Crippen LogP contribution in [-0.4, -0.2) is 30.4 Å². The summed E-state index contributed by atoms with van der Waals surface area (Å²) in [7, 11) is -5.53. The highest BCUT2D eigenvalue weighted by Gasteiger charge is 2.51. The average Bonchev–Trinajstić information content (AvgIpc) is 3.07. The molecule has 0 nitrogen and oxygen atoms in total. The third-order valence-corrected chi connectivity index (χ3v) is 51.6. The van der Waals surface area contributed by atoms with E-state index in [0.29, 0.717) is 0 Å². The van der Waals surface area contributed by atoms with Crippen molar-refractivity contribution < 1.29 is 0 Å². The average molecular weight is 397 g/mol. The van der Waals surface area contributed by atoms with Gasteiger partial charge in [0.1, 0.15) is 0 Å². The van der Waals surface area contributed by atoms with Gasteiger partial charge in [-0.1, -0.05) is 76.6 Å². The van der Waals surface area contributed by atoms with Crippen LogP contribution in [0, 0.1) is 0 Å². The van der Waals surface area contributed by atoms with Crippen molar-refractivity contribution in [2.45, 2.75) is 52.4 Å². The van der Waals surface area contributed by atoms with Crippen molar-refractivity contribution in [2.75, 3.05) is 0 Å². The fourth-order valence-corrected chi connectivity index (χ4v) is 34.2. The molecule has 2 aromatic heterocycles. The molecule has 0 spiro atoms. The van der Waals surface area contributed by atoms with E-state index in [1.807, 2.05) is 0 Å². The summed E-state index contributed by atoms with van der Waals surface area (Å²) >= 11 is 4.42. The van der Waals surface area contributed by atoms with Crippen LogP contribution in [0.2, 0.25) is 52.4 Å². The van der Waals surface area contributed by atoms with Crippen LogP contribution in [0.15, 0.2) is 24.3 Å². The first-order valence-corrected chi connectivity index (χ1v) is 23.8. The molecule has 2 aromatic rings. The third kappa shape index (κ3) is 2.07. The molecule has 0 amide bonds. The zero-order chi connectivity index (χ0) is 16.6.